The third-order valence-electron chi connectivity index (χ3n) is 2.72. The number of hydrogen-bond acceptors (Lipinski definition) is 3. The van der Waals surface area contributed by atoms with Crippen LogP contribution in [0.4, 0.5) is 0 Å². The second kappa shape index (κ2) is 5.36. The van der Waals surface area contributed by atoms with Crippen molar-refractivity contribution in [2.24, 2.45) is 0 Å². The fourth-order valence-electron chi connectivity index (χ4n) is 1.80. The Kier molecular flexibility index (Phi) is 3.59. The standard InChI is InChI=1S/C14H9BrN2S2/c15-11-12(9-4-2-1-3-5-9)16-13(17-14(11)18)10-6-7-19-8-10/h1-8H,(H,16,17,18). The van der Waals surface area contributed by atoms with Crippen LogP contribution in [0.15, 0.2) is 51.6 Å². The lowest BCUT2D eigenvalue weighted by atomic mass is 10.1. The van der Waals surface area contributed by atoms with E-state index < -0.39 is 0 Å². The van der Waals surface area contributed by atoms with Crippen LogP contribution in [0.5, 0.6) is 0 Å². The highest BCUT2D eigenvalue weighted by molar-refractivity contribution is 9.10. The van der Waals surface area contributed by atoms with E-state index in [9.17, 15) is 0 Å². The van der Waals surface area contributed by atoms with Crippen LogP contribution in [0.1, 0.15) is 0 Å². The molecule has 0 aliphatic carbocycles. The van der Waals surface area contributed by atoms with Crippen LogP contribution in [0, 0.1) is 4.64 Å². The van der Waals surface area contributed by atoms with Crippen LogP contribution >= 0.6 is 39.5 Å². The summed E-state index contributed by atoms with van der Waals surface area (Å²) in [6.45, 7) is 0. The van der Waals surface area contributed by atoms with Crippen LogP contribution < -0.4 is 0 Å². The summed E-state index contributed by atoms with van der Waals surface area (Å²) >= 11 is 10.5. The molecule has 0 bridgehead atoms. The van der Waals surface area contributed by atoms with Crippen molar-refractivity contribution in [3.8, 4) is 22.6 Å². The molecule has 94 valence electrons. The fourth-order valence-corrected chi connectivity index (χ4v) is 3.05. The van der Waals surface area contributed by atoms with E-state index in [1.807, 2.05) is 41.8 Å². The summed E-state index contributed by atoms with van der Waals surface area (Å²) in [5.41, 5.74) is 3.10. The molecular weight excluding hydrogens is 340 g/mol. The van der Waals surface area contributed by atoms with Crippen molar-refractivity contribution in [1.82, 2.24) is 9.97 Å². The van der Waals surface area contributed by atoms with E-state index in [2.05, 4.69) is 31.3 Å². The lowest BCUT2D eigenvalue weighted by Gasteiger charge is -2.08. The van der Waals surface area contributed by atoms with E-state index in [-0.39, 0.29) is 0 Å². The Hall–Kier alpha value is -1.30. The number of thiophene rings is 1. The van der Waals surface area contributed by atoms with Gasteiger partial charge in [-0.2, -0.15) is 11.3 Å². The maximum absolute atomic E-state index is 5.33. The van der Waals surface area contributed by atoms with E-state index in [1.165, 1.54) is 0 Å². The molecule has 0 atom stereocenters. The van der Waals surface area contributed by atoms with Crippen LogP contribution in [-0.4, -0.2) is 9.97 Å². The number of rotatable bonds is 2. The summed E-state index contributed by atoms with van der Waals surface area (Å²) in [5.74, 6) is 0.799. The first-order valence-corrected chi connectivity index (χ1v) is 7.78. The molecule has 0 saturated carbocycles. The number of hydrogen-bond donors (Lipinski definition) is 1. The quantitative estimate of drug-likeness (QED) is 0.636. The van der Waals surface area contributed by atoms with Crippen molar-refractivity contribution in [3.05, 3.63) is 56.3 Å². The minimum Gasteiger partial charge on any atom is -0.338 e. The van der Waals surface area contributed by atoms with E-state index in [0.717, 1.165) is 27.1 Å². The average Bonchev–Trinajstić information content (AvgIpc) is 2.97. The van der Waals surface area contributed by atoms with Gasteiger partial charge in [-0.3, -0.25) is 0 Å². The molecule has 1 N–H and O–H groups in total. The SMILES string of the molecule is S=c1nc(-c2ccsc2)[nH]c(-c2ccccc2)c1Br. The maximum atomic E-state index is 5.33. The van der Waals surface area contributed by atoms with Crippen molar-refractivity contribution in [1.29, 1.82) is 0 Å². The normalized spacial score (nSPS) is 10.6. The van der Waals surface area contributed by atoms with E-state index in [1.54, 1.807) is 11.3 Å². The molecule has 0 unspecified atom stereocenters. The summed E-state index contributed by atoms with van der Waals surface area (Å²) in [6, 6.07) is 12.1. The summed E-state index contributed by atoms with van der Waals surface area (Å²) in [5, 5.41) is 4.08. The number of nitrogens with zero attached hydrogens (tertiary/aromatic N) is 1. The molecule has 0 spiro atoms. The van der Waals surface area contributed by atoms with Gasteiger partial charge in [0.2, 0.25) is 0 Å². The smallest absolute Gasteiger partial charge is 0.144 e. The Morgan fingerprint density at radius 1 is 1.11 bits per heavy atom. The molecule has 0 saturated heterocycles. The van der Waals surface area contributed by atoms with E-state index in [4.69, 9.17) is 12.2 Å². The Morgan fingerprint density at radius 2 is 1.89 bits per heavy atom. The van der Waals surface area contributed by atoms with Crippen molar-refractivity contribution < 1.29 is 0 Å². The summed E-state index contributed by atoms with van der Waals surface area (Å²) in [6.07, 6.45) is 0. The topological polar surface area (TPSA) is 28.7 Å². The second-order valence-corrected chi connectivity index (χ2v) is 5.92. The molecule has 1 aromatic carbocycles. The van der Waals surface area contributed by atoms with Crippen LogP contribution in [0.25, 0.3) is 22.6 Å². The van der Waals surface area contributed by atoms with Gasteiger partial charge in [0.05, 0.1) is 10.2 Å². The molecule has 0 aliphatic rings. The van der Waals surface area contributed by atoms with Gasteiger partial charge in [-0.15, -0.1) is 0 Å². The van der Waals surface area contributed by atoms with Gasteiger partial charge in [0, 0.05) is 10.9 Å². The predicted molar refractivity (Wildman–Crippen MR) is 85.9 cm³/mol. The van der Waals surface area contributed by atoms with Gasteiger partial charge in [0.1, 0.15) is 10.5 Å². The number of aromatic nitrogens is 2. The molecular formula is C14H9BrN2S2. The third kappa shape index (κ3) is 2.54. The number of aromatic amines is 1. The zero-order chi connectivity index (χ0) is 13.2. The minimum absolute atomic E-state index is 0.568. The Balaban J connectivity index is 2.23. The van der Waals surface area contributed by atoms with Crippen molar-refractivity contribution in [2.45, 2.75) is 0 Å². The highest BCUT2D eigenvalue weighted by atomic mass is 79.9. The van der Waals surface area contributed by atoms with Gasteiger partial charge in [-0.1, -0.05) is 42.5 Å². The zero-order valence-electron chi connectivity index (χ0n) is 9.76. The van der Waals surface area contributed by atoms with Crippen LogP contribution in [0.2, 0.25) is 0 Å². The molecule has 3 aromatic rings. The molecule has 2 nitrogen and oxygen atoms in total. The Bertz CT molecular complexity index is 749. The van der Waals surface area contributed by atoms with E-state index in [0.29, 0.717) is 4.64 Å². The molecule has 2 heterocycles. The van der Waals surface area contributed by atoms with Crippen LogP contribution in [0.3, 0.4) is 0 Å². The summed E-state index contributed by atoms with van der Waals surface area (Å²) in [4.78, 5) is 7.77. The lowest BCUT2D eigenvalue weighted by molar-refractivity contribution is 1.15. The molecule has 5 heteroatoms. The number of halogens is 1. The maximum Gasteiger partial charge on any atom is 0.144 e. The van der Waals surface area contributed by atoms with Gasteiger partial charge in [0.25, 0.3) is 0 Å². The van der Waals surface area contributed by atoms with E-state index >= 15 is 0 Å². The number of benzene rings is 1. The third-order valence-corrected chi connectivity index (χ3v) is 4.73. The average molecular weight is 349 g/mol. The first-order chi connectivity index (χ1) is 9.25. The molecule has 2 aromatic heterocycles. The zero-order valence-corrected chi connectivity index (χ0v) is 13.0. The van der Waals surface area contributed by atoms with Crippen molar-refractivity contribution in [3.63, 3.8) is 0 Å². The summed E-state index contributed by atoms with van der Waals surface area (Å²) < 4.78 is 1.39. The molecule has 3 rings (SSSR count). The lowest BCUT2D eigenvalue weighted by Crippen LogP contribution is -1.94. The highest BCUT2D eigenvalue weighted by Crippen LogP contribution is 2.29. The number of H-pyrrole nitrogens is 1. The first kappa shape index (κ1) is 12.7. The van der Waals surface area contributed by atoms with Crippen molar-refractivity contribution in [2.75, 3.05) is 0 Å². The molecule has 0 radical (unpaired) electrons. The summed E-state index contributed by atoms with van der Waals surface area (Å²) in [7, 11) is 0. The first-order valence-electron chi connectivity index (χ1n) is 5.63. The second-order valence-electron chi connectivity index (χ2n) is 3.96. The Labute approximate surface area is 128 Å². The van der Waals surface area contributed by atoms with Crippen LogP contribution in [-0.2, 0) is 0 Å². The monoisotopic (exact) mass is 348 g/mol. The highest BCUT2D eigenvalue weighted by Gasteiger charge is 2.09. The largest absolute Gasteiger partial charge is 0.338 e. The molecule has 0 amide bonds. The predicted octanol–water partition coefficient (Wildman–Crippen LogP) is 5.30. The van der Waals surface area contributed by atoms with Gasteiger partial charge in [0.15, 0.2) is 0 Å². The van der Waals surface area contributed by atoms with Crippen molar-refractivity contribution >= 4 is 39.5 Å². The fraction of sp³-hybridized carbons (Fsp3) is 0. The number of nitrogens with one attached hydrogen (secondary N) is 1. The molecule has 19 heavy (non-hydrogen) atoms. The van der Waals surface area contributed by atoms with Gasteiger partial charge < -0.3 is 4.98 Å². The van der Waals surface area contributed by atoms with Gasteiger partial charge >= 0.3 is 0 Å². The van der Waals surface area contributed by atoms with Gasteiger partial charge in [-0.25, -0.2) is 4.98 Å². The minimum atomic E-state index is 0.568. The Morgan fingerprint density at radius 3 is 2.58 bits per heavy atom. The molecule has 0 fully saturated rings. The molecule has 0 aliphatic heterocycles. The van der Waals surface area contributed by atoms with Gasteiger partial charge in [-0.05, 0) is 32.9 Å².